The van der Waals surface area contributed by atoms with Crippen LogP contribution in [0.4, 0.5) is 0 Å². The topological polar surface area (TPSA) is 91.4 Å². The Morgan fingerprint density at radius 2 is 1.78 bits per heavy atom. The van der Waals surface area contributed by atoms with Crippen LogP contribution in [0.3, 0.4) is 0 Å². The Kier molecular flexibility index (Phi) is 5.10. The number of aromatic nitrogens is 1. The van der Waals surface area contributed by atoms with E-state index in [1.165, 1.54) is 12.1 Å². The number of ether oxygens (including phenoxy) is 1. The highest BCUT2D eigenvalue weighted by Crippen LogP contribution is 2.38. The highest BCUT2D eigenvalue weighted by atomic mass is 35.5. The van der Waals surface area contributed by atoms with Gasteiger partial charge in [-0.25, -0.2) is 13.6 Å². The predicted octanol–water partition coefficient (Wildman–Crippen LogP) is 3.50. The van der Waals surface area contributed by atoms with Crippen LogP contribution >= 0.6 is 11.6 Å². The average molecular weight is 405 g/mol. The zero-order valence-electron chi connectivity index (χ0n) is 14.6. The second-order valence-corrected chi connectivity index (χ2v) is 8.05. The molecule has 0 aliphatic heterocycles. The molecular weight excluding hydrogens is 388 g/mol. The first-order valence-electron chi connectivity index (χ1n) is 7.91. The number of hydrogen-bond donors (Lipinski definition) is 1. The standard InChI is InChI=1S/C19H17ClN2O4S/c1-12-17(10-22(2)19(12)13-3-5-14(20)6-4-13)16-8-7-15(27(21,24)25)9-18(16)26-11-23/h3-11H,1-2H3,(H2,21,24,25). The Morgan fingerprint density at radius 1 is 1.11 bits per heavy atom. The number of primary sulfonamides is 1. The summed E-state index contributed by atoms with van der Waals surface area (Å²) in [4.78, 5) is 10.8. The Labute approximate surface area is 162 Å². The third-order valence-corrected chi connectivity index (χ3v) is 5.46. The number of aryl methyl sites for hydroxylation is 1. The zero-order chi connectivity index (χ0) is 19.8. The summed E-state index contributed by atoms with van der Waals surface area (Å²) in [6.07, 6.45) is 1.89. The van der Waals surface area contributed by atoms with E-state index in [1.807, 2.05) is 49.0 Å². The molecule has 2 N–H and O–H groups in total. The molecule has 0 radical (unpaired) electrons. The molecule has 0 unspecified atom stereocenters. The number of rotatable bonds is 5. The maximum Gasteiger partial charge on any atom is 0.298 e. The third-order valence-electron chi connectivity index (χ3n) is 4.30. The van der Waals surface area contributed by atoms with Crippen molar-refractivity contribution < 1.29 is 17.9 Å². The lowest BCUT2D eigenvalue weighted by atomic mass is 10.0. The highest BCUT2D eigenvalue weighted by molar-refractivity contribution is 7.89. The number of halogens is 1. The fourth-order valence-corrected chi connectivity index (χ4v) is 3.75. The van der Waals surface area contributed by atoms with Gasteiger partial charge in [-0.2, -0.15) is 0 Å². The van der Waals surface area contributed by atoms with Gasteiger partial charge in [0.25, 0.3) is 6.47 Å². The van der Waals surface area contributed by atoms with Crippen LogP contribution in [0.5, 0.6) is 5.75 Å². The van der Waals surface area contributed by atoms with E-state index < -0.39 is 10.0 Å². The second-order valence-electron chi connectivity index (χ2n) is 6.05. The van der Waals surface area contributed by atoms with E-state index in [1.54, 1.807) is 6.07 Å². The van der Waals surface area contributed by atoms with Crippen molar-refractivity contribution in [1.29, 1.82) is 0 Å². The molecule has 0 aliphatic carbocycles. The quantitative estimate of drug-likeness (QED) is 0.659. The second kappa shape index (κ2) is 7.19. The number of benzene rings is 2. The minimum atomic E-state index is -3.92. The molecule has 0 bridgehead atoms. The summed E-state index contributed by atoms with van der Waals surface area (Å²) in [5.74, 6) is 0.118. The summed E-state index contributed by atoms with van der Waals surface area (Å²) in [6.45, 7) is 2.20. The average Bonchev–Trinajstić information content (AvgIpc) is 2.90. The maximum atomic E-state index is 11.6. The smallest absolute Gasteiger partial charge is 0.298 e. The van der Waals surface area contributed by atoms with Crippen molar-refractivity contribution >= 4 is 28.1 Å². The molecule has 0 saturated heterocycles. The Morgan fingerprint density at radius 3 is 2.37 bits per heavy atom. The third kappa shape index (κ3) is 3.75. The van der Waals surface area contributed by atoms with Crippen molar-refractivity contribution in [2.75, 3.05) is 0 Å². The molecule has 1 aromatic heterocycles. The summed E-state index contributed by atoms with van der Waals surface area (Å²) in [5, 5.41) is 5.81. The number of carbonyl (C=O) groups is 1. The molecule has 0 aliphatic rings. The van der Waals surface area contributed by atoms with Crippen LogP contribution in [0.1, 0.15) is 5.56 Å². The van der Waals surface area contributed by atoms with Crippen molar-refractivity contribution in [1.82, 2.24) is 4.57 Å². The van der Waals surface area contributed by atoms with Gasteiger partial charge < -0.3 is 9.30 Å². The first kappa shape index (κ1) is 19.2. The molecule has 0 saturated carbocycles. The molecule has 0 atom stereocenters. The van der Waals surface area contributed by atoms with Crippen LogP contribution in [0.25, 0.3) is 22.4 Å². The van der Waals surface area contributed by atoms with Crippen LogP contribution in [-0.4, -0.2) is 19.5 Å². The number of hydrogen-bond acceptors (Lipinski definition) is 4. The van der Waals surface area contributed by atoms with Gasteiger partial charge in [-0.05, 0) is 42.3 Å². The largest absolute Gasteiger partial charge is 0.428 e. The summed E-state index contributed by atoms with van der Waals surface area (Å²) >= 11 is 5.97. The predicted molar refractivity (Wildman–Crippen MR) is 104 cm³/mol. The number of carbonyl (C=O) groups excluding carboxylic acids is 1. The molecule has 8 heteroatoms. The molecule has 3 rings (SSSR count). The molecule has 6 nitrogen and oxygen atoms in total. The van der Waals surface area contributed by atoms with Gasteiger partial charge in [0.2, 0.25) is 10.0 Å². The summed E-state index contributed by atoms with van der Waals surface area (Å²) < 4.78 is 30.2. The van der Waals surface area contributed by atoms with Crippen molar-refractivity contribution in [2.45, 2.75) is 11.8 Å². The molecule has 1 heterocycles. The zero-order valence-corrected chi connectivity index (χ0v) is 16.2. The summed E-state index contributed by atoms with van der Waals surface area (Å²) in [6, 6.07) is 11.7. The molecule has 2 aromatic carbocycles. The van der Waals surface area contributed by atoms with Crippen LogP contribution in [0.2, 0.25) is 5.02 Å². The van der Waals surface area contributed by atoms with E-state index in [0.29, 0.717) is 10.6 Å². The van der Waals surface area contributed by atoms with E-state index in [-0.39, 0.29) is 17.1 Å². The Bertz CT molecular complexity index is 1120. The van der Waals surface area contributed by atoms with Crippen LogP contribution in [-0.2, 0) is 21.9 Å². The minimum absolute atomic E-state index is 0.118. The molecule has 0 amide bonds. The number of nitrogens with zero attached hydrogens (tertiary/aromatic N) is 1. The minimum Gasteiger partial charge on any atom is -0.428 e. The maximum absolute atomic E-state index is 11.6. The highest BCUT2D eigenvalue weighted by Gasteiger charge is 2.19. The van der Waals surface area contributed by atoms with Crippen LogP contribution in [0.15, 0.2) is 53.6 Å². The summed E-state index contributed by atoms with van der Waals surface area (Å²) in [5.41, 5.74) is 4.28. The van der Waals surface area contributed by atoms with Crippen molar-refractivity contribution in [3.63, 3.8) is 0 Å². The molecule has 27 heavy (non-hydrogen) atoms. The first-order chi connectivity index (χ1) is 12.7. The van der Waals surface area contributed by atoms with Crippen molar-refractivity contribution in [2.24, 2.45) is 12.2 Å². The Balaban J connectivity index is 2.19. The molecule has 140 valence electrons. The van der Waals surface area contributed by atoms with Gasteiger partial charge in [-0.1, -0.05) is 23.7 Å². The van der Waals surface area contributed by atoms with Gasteiger partial charge in [0.1, 0.15) is 5.75 Å². The number of sulfonamides is 1. The van der Waals surface area contributed by atoms with Gasteiger partial charge in [0.05, 0.1) is 10.6 Å². The van der Waals surface area contributed by atoms with Crippen LogP contribution < -0.4 is 9.88 Å². The van der Waals surface area contributed by atoms with E-state index in [2.05, 4.69) is 0 Å². The lowest BCUT2D eigenvalue weighted by Gasteiger charge is -2.10. The lowest BCUT2D eigenvalue weighted by Crippen LogP contribution is -2.12. The SMILES string of the molecule is Cc1c(-c2ccc(S(N)(=O)=O)cc2OC=O)cn(C)c1-c1ccc(Cl)cc1. The van der Waals surface area contributed by atoms with E-state index >= 15 is 0 Å². The Hall–Kier alpha value is -2.61. The monoisotopic (exact) mass is 404 g/mol. The lowest BCUT2D eigenvalue weighted by molar-refractivity contribution is -0.120. The van der Waals surface area contributed by atoms with Gasteiger partial charge in [-0.3, -0.25) is 4.79 Å². The van der Waals surface area contributed by atoms with Crippen molar-refractivity contribution in [3.05, 3.63) is 59.2 Å². The van der Waals surface area contributed by atoms with Crippen molar-refractivity contribution in [3.8, 4) is 28.1 Å². The fraction of sp³-hybridized carbons (Fsp3) is 0.105. The van der Waals surface area contributed by atoms with E-state index in [0.717, 1.165) is 22.4 Å². The molecule has 3 aromatic rings. The molecule has 0 fully saturated rings. The number of nitrogens with two attached hydrogens (primary N) is 1. The molecule has 0 spiro atoms. The van der Waals surface area contributed by atoms with E-state index in [9.17, 15) is 13.2 Å². The van der Waals surface area contributed by atoms with Gasteiger partial charge in [0.15, 0.2) is 0 Å². The normalized spacial score (nSPS) is 11.4. The summed E-state index contributed by atoms with van der Waals surface area (Å²) in [7, 11) is -2.01. The van der Waals surface area contributed by atoms with Crippen LogP contribution in [0, 0.1) is 6.92 Å². The van der Waals surface area contributed by atoms with Gasteiger partial charge in [-0.15, -0.1) is 0 Å². The first-order valence-corrected chi connectivity index (χ1v) is 9.84. The molecular formula is C19H17ClN2O4S. The van der Waals surface area contributed by atoms with Gasteiger partial charge in [0, 0.05) is 35.5 Å². The van der Waals surface area contributed by atoms with Gasteiger partial charge >= 0.3 is 0 Å². The fourth-order valence-electron chi connectivity index (χ4n) is 3.10. The van der Waals surface area contributed by atoms with E-state index in [4.69, 9.17) is 21.5 Å².